The maximum absolute atomic E-state index is 12.8. The quantitative estimate of drug-likeness (QED) is 0.885. The van der Waals surface area contributed by atoms with Gasteiger partial charge in [0.05, 0.1) is 4.47 Å². The van der Waals surface area contributed by atoms with Gasteiger partial charge >= 0.3 is 0 Å². The van der Waals surface area contributed by atoms with Crippen molar-refractivity contribution in [2.45, 2.75) is 25.8 Å². The Labute approximate surface area is 132 Å². The van der Waals surface area contributed by atoms with Gasteiger partial charge in [0.1, 0.15) is 0 Å². The van der Waals surface area contributed by atoms with Crippen LogP contribution in [-0.4, -0.2) is 36.7 Å². The van der Waals surface area contributed by atoms with Gasteiger partial charge in [-0.2, -0.15) is 0 Å². The zero-order valence-corrected chi connectivity index (χ0v) is 13.6. The topological polar surface area (TPSA) is 64.8 Å². The number of ether oxygens (including phenoxy) is 2. The normalized spacial score (nSPS) is 24.2. The van der Waals surface area contributed by atoms with Crippen LogP contribution < -0.4 is 15.2 Å². The van der Waals surface area contributed by atoms with Crippen LogP contribution in [0.15, 0.2) is 16.6 Å². The molecule has 114 valence electrons. The number of rotatable bonds is 2. The standard InChI is InChI=1S/C15H19BrN2O3/c1-9-2-3-18(11(4-9)7-17)15(19)10-5-12(16)14-13(6-10)20-8-21-14/h5-6,9,11H,2-4,7-8,17H2,1H3. The Balaban J connectivity index is 1.86. The Morgan fingerprint density at radius 2 is 2.29 bits per heavy atom. The average Bonchev–Trinajstić information content (AvgIpc) is 2.95. The minimum Gasteiger partial charge on any atom is -0.454 e. The number of amides is 1. The summed E-state index contributed by atoms with van der Waals surface area (Å²) >= 11 is 3.43. The average molecular weight is 355 g/mol. The number of fused-ring (bicyclic) bond motifs is 1. The Bertz CT molecular complexity index is 564. The van der Waals surface area contributed by atoms with E-state index in [0.29, 0.717) is 29.5 Å². The number of likely N-dealkylation sites (tertiary alicyclic amines) is 1. The van der Waals surface area contributed by atoms with Gasteiger partial charge < -0.3 is 20.1 Å². The van der Waals surface area contributed by atoms with E-state index in [9.17, 15) is 4.79 Å². The lowest BCUT2D eigenvalue weighted by molar-refractivity contribution is 0.0573. The van der Waals surface area contributed by atoms with Crippen molar-refractivity contribution < 1.29 is 14.3 Å². The molecule has 1 fully saturated rings. The number of carbonyl (C=O) groups excluding carboxylic acids is 1. The van der Waals surface area contributed by atoms with E-state index in [4.69, 9.17) is 15.2 Å². The highest BCUT2D eigenvalue weighted by Gasteiger charge is 2.31. The molecule has 2 heterocycles. The second-order valence-corrected chi connectivity index (χ2v) is 6.56. The van der Waals surface area contributed by atoms with Crippen molar-refractivity contribution in [2.75, 3.05) is 19.9 Å². The van der Waals surface area contributed by atoms with E-state index in [1.54, 1.807) is 12.1 Å². The molecule has 0 spiro atoms. The molecule has 5 nitrogen and oxygen atoms in total. The Hall–Kier alpha value is -1.27. The van der Waals surface area contributed by atoms with Crippen LogP contribution in [0.4, 0.5) is 0 Å². The third-order valence-corrected chi connectivity index (χ3v) is 4.77. The van der Waals surface area contributed by atoms with Gasteiger partial charge in [-0.15, -0.1) is 0 Å². The molecule has 2 aliphatic rings. The van der Waals surface area contributed by atoms with E-state index in [1.807, 2.05) is 4.90 Å². The lowest BCUT2D eigenvalue weighted by atomic mass is 9.92. The molecule has 0 radical (unpaired) electrons. The van der Waals surface area contributed by atoms with E-state index >= 15 is 0 Å². The van der Waals surface area contributed by atoms with Gasteiger partial charge in [0.2, 0.25) is 6.79 Å². The SMILES string of the molecule is CC1CCN(C(=O)c2cc(Br)c3c(c2)OCO3)C(CN)C1. The number of halogens is 1. The van der Waals surface area contributed by atoms with E-state index in [2.05, 4.69) is 22.9 Å². The molecule has 21 heavy (non-hydrogen) atoms. The number of nitrogens with two attached hydrogens (primary N) is 1. The molecular weight excluding hydrogens is 336 g/mol. The minimum atomic E-state index is 0.0105. The van der Waals surface area contributed by atoms with Crippen molar-refractivity contribution in [1.29, 1.82) is 0 Å². The highest BCUT2D eigenvalue weighted by atomic mass is 79.9. The van der Waals surface area contributed by atoms with Crippen LogP contribution in [-0.2, 0) is 0 Å². The molecule has 1 saturated heterocycles. The summed E-state index contributed by atoms with van der Waals surface area (Å²) in [6, 6.07) is 3.66. The van der Waals surface area contributed by atoms with Gasteiger partial charge in [0.15, 0.2) is 11.5 Å². The number of carbonyl (C=O) groups is 1. The van der Waals surface area contributed by atoms with Crippen LogP contribution in [0.3, 0.4) is 0 Å². The summed E-state index contributed by atoms with van der Waals surface area (Å²) in [6.07, 6.45) is 1.99. The monoisotopic (exact) mass is 354 g/mol. The molecule has 1 aromatic carbocycles. The second kappa shape index (κ2) is 5.85. The second-order valence-electron chi connectivity index (χ2n) is 5.71. The molecule has 2 N–H and O–H groups in total. The number of hydrogen-bond donors (Lipinski definition) is 1. The summed E-state index contributed by atoms with van der Waals surface area (Å²) in [4.78, 5) is 14.7. The largest absolute Gasteiger partial charge is 0.454 e. The van der Waals surface area contributed by atoms with E-state index in [1.165, 1.54) is 0 Å². The van der Waals surface area contributed by atoms with Crippen molar-refractivity contribution in [3.8, 4) is 11.5 Å². The van der Waals surface area contributed by atoms with Crippen molar-refractivity contribution in [3.63, 3.8) is 0 Å². The van der Waals surface area contributed by atoms with Gasteiger partial charge in [-0.05, 0) is 46.8 Å². The molecule has 3 rings (SSSR count). The van der Waals surface area contributed by atoms with Crippen LogP contribution in [0.5, 0.6) is 11.5 Å². The first kappa shape index (κ1) is 14.7. The fraction of sp³-hybridized carbons (Fsp3) is 0.533. The zero-order chi connectivity index (χ0) is 15.0. The Morgan fingerprint density at radius 3 is 3.05 bits per heavy atom. The van der Waals surface area contributed by atoms with Gasteiger partial charge in [-0.1, -0.05) is 6.92 Å². The third-order valence-electron chi connectivity index (χ3n) is 4.19. The number of hydrogen-bond acceptors (Lipinski definition) is 4. The molecule has 0 bridgehead atoms. The molecule has 6 heteroatoms. The summed E-state index contributed by atoms with van der Waals surface area (Å²) in [5.74, 6) is 1.90. The minimum absolute atomic E-state index is 0.0105. The maximum atomic E-state index is 12.8. The summed E-state index contributed by atoms with van der Waals surface area (Å²) in [5.41, 5.74) is 6.45. The van der Waals surface area contributed by atoms with Gasteiger partial charge in [0, 0.05) is 24.7 Å². The highest BCUT2D eigenvalue weighted by molar-refractivity contribution is 9.10. The molecule has 0 aliphatic carbocycles. The molecule has 0 saturated carbocycles. The van der Waals surface area contributed by atoms with Crippen LogP contribution >= 0.6 is 15.9 Å². The predicted octanol–water partition coefficient (Wildman–Crippen LogP) is 2.38. The summed E-state index contributed by atoms with van der Waals surface area (Å²) in [5, 5.41) is 0. The molecule has 1 aromatic rings. The predicted molar refractivity (Wildman–Crippen MR) is 82.5 cm³/mol. The van der Waals surface area contributed by atoms with Crippen molar-refractivity contribution in [3.05, 3.63) is 22.2 Å². The third kappa shape index (κ3) is 2.74. The first-order valence-corrected chi connectivity index (χ1v) is 7.99. The summed E-state index contributed by atoms with van der Waals surface area (Å²) in [7, 11) is 0. The number of nitrogens with zero attached hydrogens (tertiary/aromatic N) is 1. The van der Waals surface area contributed by atoms with Crippen LogP contribution in [0.2, 0.25) is 0 Å². The summed E-state index contributed by atoms with van der Waals surface area (Å²) in [6.45, 7) is 3.66. The highest BCUT2D eigenvalue weighted by Crippen LogP contribution is 2.40. The molecular formula is C15H19BrN2O3. The molecule has 0 aromatic heterocycles. The van der Waals surface area contributed by atoms with Crippen molar-refractivity contribution in [2.24, 2.45) is 11.7 Å². The van der Waals surface area contributed by atoms with E-state index in [-0.39, 0.29) is 18.7 Å². The van der Waals surface area contributed by atoms with Gasteiger partial charge in [0.25, 0.3) is 5.91 Å². The molecule has 2 atom stereocenters. The lowest BCUT2D eigenvalue weighted by Gasteiger charge is -2.38. The Kier molecular flexibility index (Phi) is 4.08. The summed E-state index contributed by atoms with van der Waals surface area (Å²) < 4.78 is 11.5. The Morgan fingerprint density at radius 1 is 1.48 bits per heavy atom. The van der Waals surface area contributed by atoms with Crippen LogP contribution in [0.25, 0.3) is 0 Å². The zero-order valence-electron chi connectivity index (χ0n) is 12.0. The first-order valence-electron chi connectivity index (χ1n) is 7.20. The van der Waals surface area contributed by atoms with Crippen molar-refractivity contribution in [1.82, 2.24) is 4.90 Å². The lowest BCUT2D eigenvalue weighted by Crippen LogP contribution is -2.49. The van der Waals surface area contributed by atoms with E-state index in [0.717, 1.165) is 23.9 Å². The molecule has 2 aliphatic heterocycles. The molecule has 1 amide bonds. The fourth-order valence-corrected chi connectivity index (χ4v) is 3.56. The van der Waals surface area contributed by atoms with Crippen LogP contribution in [0.1, 0.15) is 30.1 Å². The van der Waals surface area contributed by atoms with Crippen molar-refractivity contribution >= 4 is 21.8 Å². The maximum Gasteiger partial charge on any atom is 0.254 e. The number of benzene rings is 1. The number of piperidine rings is 1. The van der Waals surface area contributed by atoms with Crippen LogP contribution in [0, 0.1) is 5.92 Å². The fourth-order valence-electron chi connectivity index (χ4n) is 3.00. The first-order chi connectivity index (χ1) is 10.1. The van der Waals surface area contributed by atoms with Gasteiger partial charge in [-0.25, -0.2) is 0 Å². The molecule has 2 unspecified atom stereocenters. The van der Waals surface area contributed by atoms with E-state index < -0.39 is 0 Å². The smallest absolute Gasteiger partial charge is 0.254 e. The van der Waals surface area contributed by atoms with Gasteiger partial charge in [-0.3, -0.25) is 4.79 Å².